The number of aliphatic hydroxyl groups is 1. The zero-order chi connectivity index (χ0) is 19.4. The summed E-state index contributed by atoms with van der Waals surface area (Å²) in [6.07, 6.45) is 2.58. The number of pyridine rings is 1. The molecule has 0 saturated carbocycles. The number of hydrogen-bond donors (Lipinski definition) is 2. The molecule has 3 heterocycles. The Morgan fingerprint density at radius 2 is 2.15 bits per heavy atom. The highest BCUT2D eigenvalue weighted by atomic mass is 16.5. The molecule has 2 aromatic rings. The van der Waals surface area contributed by atoms with E-state index in [0.29, 0.717) is 25.1 Å². The van der Waals surface area contributed by atoms with Gasteiger partial charge >= 0.3 is 0 Å². The van der Waals surface area contributed by atoms with Crippen LogP contribution in [-0.2, 0) is 16.0 Å². The van der Waals surface area contributed by atoms with Crippen LogP contribution in [0.4, 0.5) is 0 Å². The van der Waals surface area contributed by atoms with Crippen molar-refractivity contribution in [1.29, 1.82) is 0 Å². The Kier molecular flexibility index (Phi) is 5.92. The molecule has 7 nitrogen and oxygen atoms in total. The van der Waals surface area contributed by atoms with E-state index in [1.165, 1.54) is 0 Å². The monoisotopic (exact) mass is 373 g/mol. The average molecular weight is 373 g/mol. The summed E-state index contributed by atoms with van der Waals surface area (Å²) in [6.45, 7) is 5.86. The lowest BCUT2D eigenvalue weighted by molar-refractivity contribution is -0.134. The number of carbonyl (C=O) groups excluding carboxylic acids is 1. The normalized spacial score (nSPS) is 23.2. The number of amides is 1. The summed E-state index contributed by atoms with van der Waals surface area (Å²) in [4.78, 5) is 16.3. The molecular weight excluding hydrogens is 346 g/mol. The van der Waals surface area contributed by atoms with Crippen LogP contribution in [0.5, 0.6) is 0 Å². The second-order valence-corrected chi connectivity index (χ2v) is 8.00. The number of aliphatic hydroxyl groups excluding tert-OH is 1. The van der Waals surface area contributed by atoms with E-state index in [-0.39, 0.29) is 12.0 Å². The van der Waals surface area contributed by atoms with Gasteiger partial charge in [-0.3, -0.25) is 9.78 Å². The quantitative estimate of drug-likeness (QED) is 0.835. The van der Waals surface area contributed by atoms with Crippen LogP contribution in [0.2, 0.25) is 0 Å². The molecule has 1 amide bonds. The summed E-state index contributed by atoms with van der Waals surface area (Å²) in [5.74, 6) is 0.562. The van der Waals surface area contributed by atoms with Gasteiger partial charge in [0.05, 0.1) is 17.9 Å². The summed E-state index contributed by atoms with van der Waals surface area (Å²) in [7, 11) is 0. The minimum atomic E-state index is -0.581. The Labute approximate surface area is 159 Å². The minimum absolute atomic E-state index is 0.0584. The molecule has 1 fully saturated rings. The predicted octanol–water partition coefficient (Wildman–Crippen LogP) is 2.35. The molecule has 7 heteroatoms. The van der Waals surface area contributed by atoms with Gasteiger partial charge in [0.25, 0.3) is 0 Å². The Hall–Kier alpha value is -2.25. The molecule has 0 unspecified atom stereocenters. The van der Waals surface area contributed by atoms with Gasteiger partial charge in [-0.15, -0.1) is 0 Å². The maximum atomic E-state index is 12.0. The highest BCUT2D eigenvalue weighted by molar-refractivity contribution is 5.81. The Morgan fingerprint density at radius 1 is 1.33 bits per heavy atom. The van der Waals surface area contributed by atoms with Crippen LogP contribution in [0, 0.1) is 5.41 Å². The predicted molar refractivity (Wildman–Crippen MR) is 99.8 cm³/mol. The standard InChI is InChI=1S/C20H27N3O4/c1-20(2,3)19(25)22-12-18-16(24)8-7-14(26-18)10-13-11-17(27-23-13)15-6-4-5-9-21-15/h4-6,9,11,14,16,18,24H,7-8,10,12H2,1-3H3,(H,22,25)/t14-,16-,18+/m0/s1. The number of rotatable bonds is 5. The molecule has 3 rings (SSSR count). The van der Waals surface area contributed by atoms with E-state index in [0.717, 1.165) is 17.8 Å². The summed E-state index contributed by atoms with van der Waals surface area (Å²) >= 11 is 0. The molecule has 0 aliphatic carbocycles. The molecule has 27 heavy (non-hydrogen) atoms. The van der Waals surface area contributed by atoms with Crippen LogP contribution >= 0.6 is 0 Å². The van der Waals surface area contributed by atoms with Crippen LogP contribution in [0.1, 0.15) is 39.3 Å². The lowest BCUT2D eigenvalue weighted by Crippen LogP contribution is -2.48. The van der Waals surface area contributed by atoms with Crippen molar-refractivity contribution in [2.75, 3.05) is 6.54 Å². The third-order valence-corrected chi connectivity index (χ3v) is 4.64. The van der Waals surface area contributed by atoms with Crippen LogP contribution in [0.3, 0.4) is 0 Å². The smallest absolute Gasteiger partial charge is 0.225 e. The maximum absolute atomic E-state index is 12.0. The first kappa shape index (κ1) is 19.5. The molecule has 1 aliphatic heterocycles. The Balaban J connectivity index is 1.57. The van der Waals surface area contributed by atoms with Crippen LogP contribution < -0.4 is 5.32 Å². The van der Waals surface area contributed by atoms with E-state index in [4.69, 9.17) is 9.26 Å². The summed E-state index contributed by atoms with van der Waals surface area (Å²) < 4.78 is 11.4. The van der Waals surface area contributed by atoms with Crippen molar-refractivity contribution < 1.29 is 19.2 Å². The van der Waals surface area contributed by atoms with Gasteiger partial charge in [-0.05, 0) is 25.0 Å². The van der Waals surface area contributed by atoms with Crippen molar-refractivity contribution in [3.63, 3.8) is 0 Å². The number of aromatic nitrogens is 2. The molecule has 3 atom stereocenters. The number of ether oxygens (including phenoxy) is 1. The summed E-state index contributed by atoms with van der Waals surface area (Å²) in [5, 5.41) is 17.2. The van der Waals surface area contributed by atoms with E-state index in [1.807, 2.05) is 45.0 Å². The second kappa shape index (κ2) is 8.19. The van der Waals surface area contributed by atoms with Gasteiger partial charge < -0.3 is 19.7 Å². The van der Waals surface area contributed by atoms with Gasteiger partial charge in [-0.1, -0.05) is 32.0 Å². The number of nitrogens with zero attached hydrogens (tertiary/aromatic N) is 2. The zero-order valence-corrected chi connectivity index (χ0v) is 16.0. The molecule has 2 N–H and O–H groups in total. The molecule has 0 spiro atoms. The van der Waals surface area contributed by atoms with Gasteiger partial charge in [0.2, 0.25) is 5.91 Å². The van der Waals surface area contributed by atoms with Crippen LogP contribution in [-0.4, -0.2) is 46.0 Å². The Bertz CT molecular complexity index is 754. The fraction of sp³-hybridized carbons (Fsp3) is 0.550. The van der Waals surface area contributed by atoms with Crippen molar-refractivity contribution in [3.8, 4) is 11.5 Å². The number of hydrogen-bond acceptors (Lipinski definition) is 6. The Morgan fingerprint density at radius 3 is 2.85 bits per heavy atom. The largest absolute Gasteiger partial charge is 0.390 e. The lowest BCUT2D eigenvalue weighted by Gasteiger charge is -2.34. The second-order valence-electron chi connectivity index (χ2n) is 8.00. The third kappa shape index (κ3) is 5.14. The first-order valence-electron chi connectivity index (χ1n) is 9.32. The van der Waals surface area contributed by atoms with E-state index in [2.05, 4.69) is 15.5 Å². The number of nitrogens with one attached hydrogen (secondary N) is 1. The molecule has 0 bridgehead atoms. The fourth-order valence-corrected chi connectivity index (χ4v) is 3.01. The van der Waals surface area contributed by atoms with Crippen molar-refractivity contribution in [1.82, 2.24) is 15.5 Å². The van der Waals surface area contributed by atoms with Crippen molar-refractivity contribution in [3.05, 3.63) is 36.2 Å². The van der Waals surface area contributed by atoms with Crippen LogP contribution in [0.25, 0.3) is 11.5 Å². The van der Waals surface area contributed by atoms with E-state index < -0.39 is 17.6 Å². The first-order valence-corrected chi connectivity index (χ1v) is 9.32. The van der Waals surface area contributed by atoms with Gasteiger partial charge in [0.15, 0.2) is 5.76 Å². The zero-order valence-electron chi connectivity index (χ0n) is 16.0. The van der Waals surface area contributed by atoms with Gasteiger partial charge in [0, 0.05) is 30.6 Å². The van der Waals surface area contributed by atoms with E-state index in [9.17, 15) is 9.90 Å². The maximum Gasteiger partial charge on any atom is 0.225 e. The molecule has 146 valence electrons. The van der Waals surface area contributed by atoms with Gasteiger partial charge in [-0.2, -0.15) is 0 Å². The third-order valence-electron chi connectivity index (χ3n) is 4.64. The van der Waals surface area contributed by atoms with Gasteiger partial charge in [0.1, 0.15) is 11.8 Å². The number of carbonyl (C=O) groups is 1. The van der Waals surface area contributed by atoms with Crippen LogP contribution in [0.15, 0.2) is 35.0 Å². The molecular formula is C20H27N3O4. The highest BCUT2D eigenvalue weighted by Gasteiger charge is 2.32. The SMILES string of the molecule is CC(C)(C)C(=O)NC[C@H]1O[C@H](Cc2cc(-c3ccccn3)on2)CC[C@@H]1O. The van der Waals surface area contributed by atoms with Gasteiger partial charge in [-0.25, -0.2) is 0 Å². The summed E-state index contributed by atoms with van der Waals surface area (Å²) in [5.41, 5.74) is 1.05. The topological polar surface area (TPSA) is 97.5 Å². The van der Waals surface area contributed by atoms with Crippen molar-refractivity contribution in [2.45, 2.75) is 58.3 Å². The lowest BCUT2D eigenvalue weighted by atomic mass is 9.95. The minimum Gasteiger partial charge on any atom is -0.390 e. The molecule has 1 saturated heterocycles. The summed E-state index contributed by atoms with van der Waals surface area (Å²) in [6, 6.07) is 7.48. The molecule has 0 aromatic carbocycles. The van der Waals surface area contributed by atoms with E-state index in [1.54, 1.807) is 6.20 Å². The van der Waals surface area contributed by atoms with Crippen molar-refractivity contribution >= 4 is 5.91 Å². The highest BCUT2D eigenvalue weighted by Crippen LogP contribution is 2.24. The molecule has 1 aliphatic rings. The average Bonchev–Trinajstić information content (AvgIpc) is 3.10. The fourth-order valence-electron chi connectivity index (χ4n) is 3.01. The van der Waals surface area contributed by atoms with E-state index >= 15 is 0 Å². The molecule has 0 radical (unpaired) electrons. The molecule has 2 aromatic heterocycles. The van der Waals surface area contributed by atoms with Crippen molar-refractivity contribution in [2.24, 2.45) is 5.41 Å². The first-order chi connectivity index (χ1) is 12.8.